The molecule has 0 aromatic heterocycles. The van der Waals surface area contributed by atoms with Crippen molar-refractivity contribution < 1.29 is 23.9 Å². The molecule has 3 aromatic rings. The van der Waals surface area contributed by atoms with Gasteiger partial charge in [0.15, 0.2) is 18.1 Å². The highest BCUT2D eigenvalue weighted by molar-refractivity contribution is 6.31. The normalized spacial score (nSPS) is 14.2. The van der Waals surface area contributed by atoms with Crippen LogP contribution >= 0.6 is 0 Å². The molecule has 0 aliphatic carbocycles. The Bertz CT molecular complexity index is 1210. The number of anilines is 2. The number of nitrogens with one attached hydrogen (secondary N) is 2. The summed E-state index contributed by atoms with van der Waals surface area (Å²) in [7, 11) is 1.47. The maximum absolute atomic E-state index is 12.9. The van der Waals surface area contributed by atoms with Crippen LogP contribution < -0.4 is 25.2 Å². The summed E-state index contributed by atoms with van der Waals surface area (Å²) in [4.78, 5) is 37.8. The summed E-state index contributed by atoms with van der Waals surface area (Å²) in [5.41, 5.74) is 4.10. The maximum Gasteiger partial charge on any atom is 0.282 e. The fourth-order valence-corrected chi connectivity index (χ4v) is 3.29. The molecule has 0 radical (unpaired) electrons. The molecule has 2 N–H and O–H groups in total. The number of carbonyl (C=O) groups is 3. The second-order valence-corrected chi connectivity index (χ2v) is 7.06. The molecule has 3 amide bonds. The van der Waals surface area contributed by atoms with Crippen molar-refractivity contribution in [2.75, 3.05) is 24.0 Å². The van der Waals surface area contributed by atoms with E-state index in [0.717, 1.165) is 0 Å². The molecule has 8 heteroatoms. The number of hydrogen-bond donors (Lipinski definition) is 2. The molecule has 1 aliphatic heterocycles. The Morgan fingerprint density at radius 1 is 0.970 bits per heavy atom. The Labute approximate surface area is 190 Å². The van der Waals surface area contributed by atoms with E-state index >= 15 is 0 Å². The Morgan fingerprint density at radius 3 is 2.36 bits per heavy atom. The first-order valence-electron chi connectivity index (χ1n) is 10.1. The topological polar surface area (TPSA) is 97.0 Å². The number of methoxy groups -OCH3 is 1. The number of nitrogens with zero attached hydrogens (tertiary/aromatic N) is 1. The Kier molecular flexibility index (Phi) is 6.36. The zero-order valence-corrected chi connectivity index (χ0v) is 17.8. The molecule has 0 unspecified atom stereocenters. The molecule has 0 spiro atoms. The highest BCUT2D eigenvalue weighted by Gasteiger charge is 2.34. The lowest BCUT2D eigenvalue weighted by molar-refractivity contribution is -0.118. The molecule has 0 atom stereocenters. The van der Waals surface area contributed by atoms with Gasteiger partial charge >= 0.3 is 0 Å². The van der Waals surface area contributed by atoms with Gasteiger partial charge in [-0.3, -0.25) is 19.8 Å². The molecule has 33 heavy (non-hydrogen) atoms. The Hall–Kier alpha value is -4.59. The van der Waals surface area contributed by atoms with Gasteiger partial charge in [0.1, 0.15) is 5.57 Å². The number of ether oxygens (including phenoxy) is 2. The first kappa shape index (κ1) is 21.6. The van der Waals surface area contributed by atoms with Crippen LogP contribution in [0, 0.1) is 0 Å². The number of hydrazine groups is 1. The van der Waals surface area contributed by atoms with Gasteiger partial charge in [0.2, 0.25) is 0 Å². The van der Waals surface area contributed by atoms with Gasteiger partial charge < -0.3 is 14.8 Å². The molecule has 0 saturated carbocycles. The minimum Gasteiger partial charge on any atom is -0.493 e. The molecule has 166 valence electrons. The number of para-hydroxylation sites is 3. The first-order valence-corrected chi connectivity index (χ1v) is 10.1. The smallest absolute Gasteiger partial charge is 0.282 e. The molecule has 1 fully saturated rings. The molecule has 3 aromatic carbocycles. The van der Waals surface area contributed by atoms with Crippen molar-refractivity contribution in [1.29, 1.82) is 0 Å². The van der Waals surface area contributed by atoms with Gasteiger partial charge in [-0.05, 0) is 36.4 Å². The molecule has 8 nitrogen and oxygen atoms in total. The van der Waals surface area contributed by atoms with E-state index in [1.54, 1.807) is 54.6 Å². The lowest BCUT2D eigenvalue weighted by Crippen LogP contribution is -2.35. The van der Waals surface area contributed by atoms with Gasteiger partial charge in [-0.25, -0.2) is 5.01 Å². The number of carbonyl (C=O) groups excluding carboxylic acids is 3. The molecule has 1 heterocycles. The zero-order valence-electron chi connectivity index (χ0n) is 17.8. The Balaban J connectivity index is 1.57. The average molecular weight is 443 g/mol. The summed E-state index contributed by atoms with van der Waals surface area (Å²) in [6.07, 6.45) is 1.42. The van der Waals surface area contributed by atoms with E-state index in [0.29, 0.717) is 22.7 Å². The highest BCUT2D eigenvalue weighted by Crippen LogP contribution is 2.33. The predicted octanol–water partition coefficient (Wildman–Crippen LogP) is 3.17. The summed E-state index contributed by atoms with van der Waals surface area (Å²) < 4.78 is 11.1. The molecule has 4 rings (SSSR count). The third-order valence-electron chi connectivity index (χ3n) is 4.84. The summed E-state index contributed by atoms with van der Waals surface area (Å²) in [6.45, 7) is -0.290. The van der Waals surface area contributed by atoms with Crippen LogP contribution in [0.15, 0.2) is 84.4 Å². The number of hydrogen-bond acceptors (Lipinski definition) is 5. The van der Waals surface area contributed by atoms with Crippen LogP contribution in [0.4, 0.5) is 11.4 Å². The van der Waals surface area contributed by atoms with Crippen LogP contribution in [0.3, 0.4) is 0 Å². The fourth-order valence-electron chi connectivity index (χ4n) is 3.29. The highest BCUT2D eigenvalue weighted by atomic mass is 16.5. The molecule has 0 bridgehead atoms. The van der Waals surface area contributed by atoms with Gasteiger partial charge in [-0.1, -0.05) is 48.5 Å². The van der Waals surface area contributed by atoms with Crippen LogP contribution in [0.1, 0.15) is 5.56 Å². The van der Waals surface area contributed by atoms with Crippen LogP contribution in [-0.2, 0) is 14.4 Å². The lowest BCUT2D eigenvalue weighted by Gasteiger charge is -2.14. The third-order valence-corrected chi connectivity index (χ3v) is 4.84. The quantitative estimate of drug-likeness (QED) is 0.432. The third kappa shape index (κ3) is 4.85. The van der Waals surface area contributed by atoms with E-state index in [2.05, 4.69) is 10.7 Å². The van der Waals surface area contributed by atoms with Crippen LogP contribution in [0.25, 0.3) is 6.08 Å². The number of benzene rings is 3. The number of amides is 3. The molecule has 1 saturated heterocycles. The van der Waals surface area contributed by atoms with Gasteiger partial charge in [0.05, 0.1) is 12.8 Å². The predicted molar refractivity (Wildman–Crippen MR) is 124 cm³/mol. The van der Waals surface area contributed by atoms with Gasteiger partial charge in [-0.15, -0.1) is 0 Å². The van der Waals surface area contributed by atoms with E-state index in [-0.39, 0.29) is 23.8 Å². The van der Waals surface area contributed by atoms with Crippen molar-refractivity contribution >= 4 is 35.2 Å². The van der Waals surface area contributed by atoms with Crippen molar-refractivity contribution in [2.24, 2.45) is 0 Å². The van der Waals surface area contributed by atoms with E-state index in [9.17, 15) is 14.4 Å². The zero-order chi connectivity index (χ0) is 23.2. The van der Waals surface area contributed by atoms with Crippen LogP contribution in [0.2, 0.25) is 0 Å². The van der Waals surface area contributed by atoms with Crippen LogP contribution in [-0.4, -0.2) is 31.4 Å². The van der Waals surface area contributed by atoms with Crippen molar-refractivity contribution in [1.82, 2.24) is 5.43 Å². The van der Waals surface area contributed by atoms with Gasteiger partial charge in [-0.2, -0.15) is 0 Å². The summed E-state index contributed by atoms with van der Waals surface area (Å²) in [5.74, 6) is -0.797. The Morgan fingerprint density at radius 2 is 1.67 bits per heavy atom. The minimum absolute atomic E-state index is 0.0642. The average Bonchev–Trinajstić information content (AvgIpc) is 3.12. The fraction of sp³-hybridized carbons (Fsp3) is 0.0800. The van der Waals surface area contributed by atoms with Crippen LogP contribution in [0.5, 0.6) is 11.5 Å². The second-order valence-electron chi connectivity index (χ2n) is 7.06. The van der Waals surface area contributed by atoms with E-state index in [4.69, 9.17) is 9.47 Å². The first-order chi connectivity index (χ1) is 16.1. The largest absolute Gasteiger partial charge is 0.493 e. The van der Waals surface area contributed by atoms with Crippen molar-refractivity contribution in [3.05, 3.63) is 90.0 Å². The molecule has 1 aliphatic rings. The van der Waals surface area contributed by atoms with Gasteiger partial charge in [0, 0.05) is 11.3 Å². The van der Waals surface area contributed by atoms with E-state index in [1.165, 1.54) is 18.2 Å². The molecular formula is C25H21N3O5. The standard InChI is InChI=1S/C25H21N3O5/c1-32-21-14-8-9-17(23(21)33-16-22(29)26-18-10-4-2-5-11-18)15-20-24(30)27-28(25(20)31)19-12-6-3-7-13-19/h2-15H,16H2,1H3,(H,26,29)(H,27,30)/b20-15+. The monoisotopic (exact) mass is 443 g/mol. The SMILES string of the molecule is COc1cccc(/C=C2\C(=O)NN(c3ccccc3)C2=O)c1OCC(=O)Nc1ccccc1. The number of rotatable bonds is 7. The maximum atomic E-state index is 12.9. The van der Waals surface area contributed by atoms with Crippen molar-refractivity contribution in [3.63, 3.8) is 0 Å². The second kappa shape index (κ2) is 9.69. The summed E-state index contributed by atoms with van der Waals surface area (Å²) in [5, 5.41) is 3.92. The van der Waals surface area contributed by atoms with E-state index in [1.807, 2.05) is 24.3 Å². The van der Waals surface area contributed by atoms with Gasteiger partial charge in [0.25, 0.3) is 17.7 Å². The van der Waals surface area contributed by atoms with E-state index < -0.39 is 11.8 Å². The van der Waals surface area contributed by atoms with Crippen molar-refractivity contribution in [3.8, 4) is 11.5 Å². The molecular weight excluding hydrogens is 422 g/mol. The minimum atomic E-state index is -0.542. The summed E-state index contributed by atoms with van der Waals surface area (Å²) in [6, 6.07) is 22.8. The summed E-state index contributed by atoms with van der Waals surface area (Å²) >= 11 is 0. The van der Waals surface area contributed by atoms with Crippen molar-refractivity contribution in [2.45, 2.75) is 0 Å². The lowest BCUT2D eigenvalue weighted by atomic mass is 10.1.